The minimum atomic E-state index is -3.13. The van der Waals surface area contributed by atoms with Crippen LogP contribution in [0.2, 0.25) is 0 Å². The Labute approximate surface area is 141 Å². The van der Waals surface area contributed by atoms with E-state index >= 15 is 0 Å². The predicted molar refractivity (Wildman–Crippen MR) is 86.4 cm³/mol. The molecule has 1 aromatic heterocycles. The van der Waals surface area contributed by atoms with Gasteiger partial charge >= 0.3 is 6.61 Å². The van der Waals surface area contributed by atoms with Gasteiger partial charge in [0.2, 0.25) is 0 Å². The third kappa shape index (κ3) is 3.42. The van der Waals surface area contributed by atoms with Gasteiger partial charge in [-0.05, 0) is 37.3 Å². The number of carbonyl (C=O) groups excluding carboxylic acids is 1. The molecule has 8 heteroatoms. The SMILES string of the molecule is Cc1nc2ccc(C(=O)Nc3ccc(F)cc3OC(F)F)cc2n1C. The van der Waals surface area contributed by atoms with Crippen molar-refractivity contribution < 1.29 is 22.7 Å². The molecule has 0 radical (unpaired) electrons. The number of imidazole rings is 1. The first-order valence-electron chi connectivity index (χ1n) is 7.34. The quantitative estimate of drug-likeness (QED) is 0.778. The van der Waals surface area contributed by atoms with Gasteiger partial charge in [0, 0.05) is 18.7 Å². The van der Waals surface area contributed by atoms with Gasteiger partial charge in [-0.3, -0.25) is 4.79 Å². The highest BCUT2D eigenvalue weighted by Crippen LogP contribution is 2.28. The Balaban J connectivity index is 1.91. The van der Waals surface area contributed by atoms with Crippen LogP contribution < -0.4 is 10.1 Å². The largest absolute Gasteiger partial charge is 0.432 e. The second-order valence-corrected chi connectivity index (χ2v) is 5.39. The zero-order valence-electron chi connectivity index (χ0n) is 13.4. The fourth-order valence-corrected chi connectivity index (χ4v) is 2.44. The van der Waals surface area contributed by atoms with Crippen LogP contribution in [0, 0.1) is 12.7 Å². The van der Waals surface area contributed by atoms with E-state index in [4.69, 9.17) is 0 Å². The van der Waals surface area contributed by atoms with Crippen LogP contribution in [0.1, 0.15) is 16.2 Å². The van der Waals surface area contributed by atoms with Gasteiger partial charge in [-0.25, -0.2) is 9.37 Å². The summed E-state index contributed by atoms with van der Waals surface area (Å²) in [5, 5.41) is 2.46. The number of amides is 1. The highest BCUT2D eigenvalue weighted by atomic mass is 19.3. The van der Waals surface area contributed by atoms with Crippen LogP contribution in [0.5, 0.6) is 5.75 Å². The van der Waals surface area contributed by atoms with Gasteiger partial charge in [-0.15, -0.1) is 0 Å². The van der Waals surface area contributed by atoms with Crippen molar-refractivity contribution in [2.45, 2.75) is 13.5 Å². The van der Waals surface area contributed by atoms with Crippen LogP contribution >= 0.6 is 0 Å². The molecule has 0 saturated carbocycles. The molecule has 0 saturated heterocycles. The van der Waals surface area contributed by atoms with E-state index in [1.165, 1.54) is 0 Å². The lowest BCUT2D eigenvalue weighted by atomic mass is 10.1. The van der Waals surface area contributed by atoms with Crippen LogP contribution in [0.15, 0.2) is 36.4 Å². The number of ether oxygens (including phenoxy) is 1. The first-order chi connectivity index (χ1) is 11.8. The summed E-state index contributed by atoms with van der Waals surface area (Å²) in [5.41, 5.74) is 1.75. The van der Waals surface area contributed by atoms with E-state index in [9.17, 15) is 18.0 Å². The summed E-state index contributed by atoms with van der Waals surface area (Å²) in [6.07, 6.45) is 0. The molecular formula is C17H14F3N3O2. The highest BCUT2D eigenvalue weighted by Gasteiger charge is 2.15. The summed E-state index contributed by atoms with van der Waals surface area (Å²) in [6.45, 7) is -1.29. The normalized spacial score (nSPS) is 11.1. The molecule has 3 aromatic rings. The number of aryl methyl sites for hydroxylation is 2. The number of nitrogens with zero attached hydrogens (tertiary/aromatic N) is 2. The minimum absolute atomic E-state index is 0.0482. The number of rotatable bonds is 4. The van der Waals surface area contributed by atoms with Gasteiger partial charge in [0.1, 0.15) is 11.6 Å². The van der Waals surface area contributed by atoms with Crippen molar-refractivity contribution >= 4 is 22.6 Å². The first kappa shape index (κ1) is 16.8. The van der Waals surface area contributed by atoms with E-state index in [-0.39, 0.29) is 5.69 Å². The van der Waals surface area contributed by atoms with Crippen LogP contribution in [0.25, 0.3) is 11.0 Å². The number of aromatic nitrogens is 2. The van der Waals surface area contributed by atoms with E-state index < -0.39 is 24.1 Å². The summed E-state index contributed by atoms with van der Waals surface area (Å²) in [4.78, 5) is 16.8. The Morgan fingerprint density at radius 3 is 2.72 bits per heavy atom. The van der Waals surface area contributed by atoms with E-state index in [1.807, 2.05) is 18.5 Å². The summed E-state index contributed by atoms with van der Waals surface area (Å²) in [7, 11) is 1.82. The summed E-state index contributed by atoms with van der Waals surface area (Å²) in [5.74, 6) is -0.938. The van der Waals surface area contributed by atoms with Crippen molar-refractivity contribution in [3.05, 3.63) is 53.6 Å². The molecule has 0 unspecified atom stereocenters. The third-order valence-electron chi connectivity index (χ3n) is 3.77. The first-order valence-corrected chi connectivity index (χ1v) is 7.34. The molecule has 1 heterocycles. The maximum Gasteiger partial charge on any atom is 0.387 e. The van der Waals surface area contributed by atoms with Crippen LogP contribution in [0.4, 0.5) is 18.9 Å². The molecule has 0 aliphatic heterocycles. The van der Waals surface area contributed by atoms with E-state index in [0.29, 0.717) is 5.56 Å². The summed E-state index contributed by atoms with van der Waals surface area (Å²) < 4.78 is 44.2. The van der Waals surface area contributed by atoms with E-state index in [0.717, 1.165) is 35.1 Å². The molecule has 3 rings (SSSR count). The molecule has 25 heavy (non-hydrogen) atoms. The van der Waals surface area contributed by atoms with Crippen molar-refractivity contribution in [1.82, 2.24) is 9.55 Å². The number of carbonyl (C=O) groups is 1. The summed E-state index contributed by atoms with van der Waals surface area (Å²) >= 11 is 0. The molecule has 1 amide bonds. The van der Waals surface area contributed by atoms with Crippen molar-refractivity contribution in [3.8, 4) is 5.75 Å². The van der Waals surface area contributed by atoms with Crippen molar-refractivity contribution in [2.75, 3.05) is 5.32 Å². The number of nitrogens with one attached hydrogen (secondary N) is 1. The second kappa shape index (κ2) is 6.46. The third-order valence-corrected chi connectivity index (χ3v) is 3.77. The summed E-state index contributed by atoms with van der Waals surface area (Å²) in [6, 6.07) is 7.90. The molecule has 0 atom stereocenters. The zero-order valence-corrected chi connectivity index (χ0v) is 13.4. The molecule has 130 valence electrons. The molecule has 0 aliphatic rings. The molecule has 2 aromatic carbocycles. The molecule has 0 aliphatic carbocycles. The van der Waals surface area contributed by atoms with Gasteiger partial charge < -0.3 is 14.6 Å². The topological polar surface area (TPSA) is 56.1 Å². The monoisotopic (exact) mass is 349 g/mol. The Morgan fingerprint density at radius 1 is 1.24 bits per heavy atom. The molecule has 1 N–H and O–H groups in total. The smallest absolute Gasteiger partial charge is 0.387 e. The Hall–Kier alpha value is -3.03. The molecule has 0 spiro atoms. The lowest BCUT2D eigenvalue weighted by Gasteiger charge is -2.12. The van der Waals surface area contributed by atoms with Gasteiger partial charge in [0.15, 0.2) is 5.75 Å². The van der Waals surface area contributed by atoms with Crippen LogP contribution in [0.3, 0.4) is 0 Å². The van der Waals surface area contributed by atoms with Gasteiger partial charge in [-0.1, -0.05) is 0 Å². The standard InChI is InChI=1S/C17H14F3N3O2/c1-9-21-12-5-3-10(7-14(12)23(9)2)16(24)22-13-6-4-11(18)8-15(13)25-17(19)20/h3-8,17H,1-2H3,(H,22,24). The molecule has 5 nitrogen and oxygen atoms in total. The number of halogens is 3. The average Bonchev–Trinajstić information content (AvgIpc) is 2.83. The number of hydrogen-bond donors (Lipinski definition) is 1. The van der Waals surface area contributed by atoms with Crippen molar-refractivity contribution in [2.24, 2.45) is 7.05 Å². The average molecular weight is 349 g/mol. The fraction of sp³-hybridized carbons (Fsp3) is 0.176. The predicted octanol–water partition coefficient (Wildman–Crippen LogP) is 3.87. The Kier molecular flexibility index (Phi) is 4.35. The minimum Gasteiger partial charge on any atom is -0.432 e. The number of benzene rings is 2. The second-order valence-electron chi connectivity index (χ2n) is 5.39. The maximum absolute atomic E-state index is 13.2. The van der Waals surface area contributed by atoms with Crippen molar-refractivity contribution in [3.63, 3.8) is 0 Å². The zero-order chi connectivity index (χ0) is 18.1. The fourth-order valence-electron chi connectivity index (χ4n) is 2.44. The number of hydrogen-bond acceptors (Lipinski definition) is 3. The number of alkyl halides is 2. The Bertz CT molecular complexity index is 954. The van der Waals surface area contributed by atoms with Crippen molar-refractivity contribution in [1.29, 1.82) is 0 Å². The van der Waals surface area contributed by atoms with Gasteiger partial charge in [-0.2, -0.15) is 8.78 Å². The molecule has 0 bridgehead atoms. The molecule has 0 fully saturated rings. The molecular weight excluding hydrogens is 335 g/mol. The van der Waals surface area contributed by atoms with Crippen LogP contribution in [-0.4, -0.2) is 22.1 Å². The van der Waals surface area contributed by atoms with Gasteiger partial charge in [0.05, 0.1) is 16.7 Å². The van der Waals surface area contributed by atoms with E-state index in [1.54, 1.807) is 18.2 Å². The van der Waals surface area contributed by atoms with E-state index in [2.05, 4.69) is 15.0 Å². The lowest BCUT2D eigenvalue weighted by Crippen LogP contribution is -2.14. The number of anilines is 1. The Morgan fingerprint density at radius 2 is 2.00 bits per heavy atom. The number of fused-ring (bicyclic) bond motifs is 1. The highest BCUT2D eigenvalue weighted by molar-refractivity contribution is 6.06. The lowest BCUT2D eigenvalue weighted by molar-refractivity contribution is -0.0495. The van der Waals surface area contributed by atoms with Gasteiger partial charge in [0.25, 0.3) is 5.91 Å². The maximum atomic E-state index is 13.2. The van der Waals surface area contributed by atoms with Crippen LogP contribution in [-0.2, 0) is 7.05 Å².